The van der Waals surface area contributed by atoms with E-state index in [0.29, 0.717) is 6.61 Å². The Balaban J connectivity index is 3.09. The summed E-state index contributed by atoms with van der Waals surface area (Å²) in [7, 11) is -1.14. The second kappa shape index (κ2) is 16.6. The van der Waals surface area contributed by atoms with Crippen LogP contribution in [0.5, 0.6) is 0 Å². The van der Waals surface area contributed by atoms with Crippen LogP contribution < -0.4 is 0 Å². The number of unbranched alkanes of at least 4 members (excludes halogenated alkanes) is 14. The SMILES string of the molecule is C[Si](C)(C)C#CCCCCCCCCCCCCCCCCO. The summed E-state index contributed by atoms with van der Waals surface area (Å²) in [6.45, 7) is 7.32. The van der Waals surface area contributed by atoms with Gasteiger partial charge < -0.3 is 5.11 Å². The molecule has 2 heteroatoms. The summed E-state index contributed by atoms with van der Waals surface area (Å²) in [6, 6.07) is 0. The maximum atomic E-state index is 8.71. The van der Waals surface area contributed by atoms with Gasteiger partial charge >= 0.3 is 0 Å². The number of rotatable bonds is 15. The van der Waals surface area contributed by atoms with E-state index in [-0.39, 0.29) is 0 Å². The van der Waals surface area contributed by atoms with Crippen molar-refractivity contribution < 1.29 is 5.11 Å². The van der Waals surface area contributed by atoms with Crippen LogP contribution in [-0.2, 0) is 0 Å². The number of aliphatic hydroxyl groups is 1. The van der Waals surface area contributed by atoms with E-state index in [0.717, 1.165) is 12.8 Å². The molecule has 23 heavy (non-hydrogen) atoms. The lowest BCUT2D eigenvalue weighted by atomic mass is 10.0. The number of hydrogen-bond donors (Lipinski definition) is 1. The molecule has 0 aliphatic rings. The highest BCUT2D eigenvalue weighted by Crippen LogP contribution is 2.13. The van der Waals surface area contributed by atoms with E-state index in [1.54, 1.807) is 0 Å². The van der Waals surface area contributed by atoms with Gasteiger partial charge in [0.15, 0.2) is 0 Å². The molecule has 0 atom stereocenters. The lowest BCUT2D eigenvalue weighted by molar-refractivity contribution is 0.282. The molecular weight excluding hydrogens is 296 g/mol. The minimum atomic E-state index is -1.14. The smallest absolute Gasteiger partial charge is 0.129 e. The third-order valence-corrected chi connectivity index (χ3v) is 5.10. The molecule has 0 aromatic carbocycles. The molecule has 0 aromatic rings. The van der Waals surface area contributed by atoms with Crippen molar-refractivity contribution in [3.63, 3.8) is 0 Å². The van der Waals surface area contributed by atoms with Crippen LogP contribution in [0.3, 0.4) is 0 Å². The van der Waals surface area contributed by atoms with Gasteiger partial charge in [-0.15, -0.1) is 11.5 Å². The molecule has 0 saturated heterocycles. The maximum Gasteiger partial charge on any atom is 0.129 e. The Kier molecular flexibility index (Phi) is 16.4. The Hall–Kier alpha value is -0.263. The van der Waals surface area contributed by atoms with E-state index in [4.69, 9.17) is 5.11 Å². The Morgan fingerprint density at radius 1 is 0.565 bits per heavy atom. The quantitative estimate of drug-likeness (QED) is 0.200. The Morgan fingerprint density at radius 2 is 0.913 bits per heavy atom. The molecule has 0 bridgehead atoms. The average Bonchev–Trinajstić information content (AvgIpc) is 2.49. The van der Waals surface area contributed by atoms with Gasteiger partial charge in [-0.25, -0.2) is 0 Å². The summed E-state index contributed by atoms with van der Waals surface area (Å²) in [5, 5.41) is 8.71. The molecule has 0 heterocycles. The summed E-state index contributed by atoms with van der Waals surface area (Å²) >= 11 is 0. The summed E-state index contributed by atoms with van der Waals surface area (Å²) in [5.41, 5.74) is 3.45. The molecule has 0 aromatic heterocycles. The normalized spacial score (nSPS) is 11.3. The van der Waals surface area contributed by atoms with Crippen LogP contribution in [0, 0.1) is 11.5 Å². The van der Waals surface area contributed by atoms with Gasteiger partial charge in [0.25, 0.3) is 0 Å². The van der Waals surface area contributed by atoms with Crippen LogP contribution in [0.4, 0.5) is 0 Å². The molecule has 0 aliphatic heterocycles. The number of aliphatic hydroxyl groups excluding tert-OH is 1. The Labute approximate surface area is 147 Å². The highest BCUT2D eigenvalue weighted by molar-refractivity contribution is 6.83. The standard InChI is InChI=1S/C21H42OSi/c1-23(2,3)21-19-17-15-13-11-9-7-5-4-6-8-10-12-14-16-18-20-22/h22H,4-18,20H2,1-3H3. The van der Waals surface area contributed by atoms with Gasteiger partial charge in [0.1, 0.15) is 8.07 Å². The summed E-state index contributed by atoms with van der Waals surface area (Å²) in [5.74, 6) is 3.37. The van der Waals surface area contributed by atoms with Crippen LogP contribution in [0.1, 0.15) is 96.3 Å². The number of hydrogen-bond acceptors (Lipinski definition) is 1. The molecule has 0 radical (unpaired) electrons. The average molecular weight is 339 g/mol. The minimum absolute atomic E-state index is 0.367. The largest absolute Gasteiger partial charge is 0.396 e. The van der Waals surface area contributed by atoms with Crippen LogP contribution in [-0.4, -0.2) is 19.8 Å². The molecule has 0 spiro atoms. The molecule has 0 aliphatic carbocycles. The highest BCUT2D eigenvalue weighted by Gasteiger charge is 2.06. The van der Waals surface area contributed by atoms with Gasteiger partial charge in [0, 0.05) is 13.0 Å². The third-order valence-electron chi connectivity index (χ3n) is 4.17. The zero-order valence-corrected chi connectivity index (χ0v) is 17.3. The van der Waals surface area contributed by atoms with Crippen molar-refractivity contribution >= 4 is 8.07 Å². The fourth-order valence-corrected chi connectivity index (χ4v) is 3.43. The monoisotopic (exact) mass is 338 g/mol. The molecule has 1 N–H and O–H groups in total. The van der Waals surface area contributed by atoms with Crippen LogP contribution >= 0.6 is 0 Å². The summed E-state index contributed by atoms with van der Waals surface area (Å²) in [6.07, 6.45) is 20.0. The van der Waals surface area contributed by atoms with Crippen molar-refractivity contribution in [2.45, 2.75) is 116 Å². The van der Waals surface area contributed by atoms with E-state index in [1.165, 1.54) is 83.5 Å². The highest BCUT2D eigenvalue weighted by atomic mass is 28.3. The topological polar surface area (TPSA) is 20.2 Å². The van der Waals surface area contributed by atoms with Crippen molar-refractivity contribution in [2.75, 3.05) is 6.61 Å². The van der Waals surface area contributed by atoms with Gasteiger partial charge in [0.2, 0.25) is 0 Å². The molecular formula is C21H42OSi. The molecule has 1 nitrogen and oxygen atoms in total. The maximum absolute atomic E-state index is 8.71. The van der Waals surface area contributed by atoms with E-state index in [1.807, 2.05) is 0 Å². The Bertz CT molecular complexity index is 295. The van der Waals surface area contributed by atoms with Gasteiger partial charge in [-0.05, 0) is 12.8 Å². The summed E-state index contributed by atoms with van der Waals surface area (Å²) in [4.78, 5) is 0. The molecule has 0 rings (SSSR count). The van der Waals surface area contributed by atoms with Gasteiger partial charge in [0.05, 0.1) is 0 Å². The van der Waals surface area contributed by atoms with Gasteiger partial charge in [-0.3, -0.25) is 0 Å². The fourth-order valence-electron chi connectivity index (χ4n) is 2.77. The van der Waals surface area contributed by atoms with Crippen LogP contribution in [0.2, 0.25) is 19.6 Å². The van der Waals surface area contributed by atoms with Crippen LogP contribution in [0.15, 0.2) is 0 Å². The van der Waals surface area contributed by atoms with Gasteiger partial charge in [-0.1, -0.05) is 96.7 Å². The first-order valence-corrected chi connectivity index (χ1v) is 13.7. The molecule has 0 unspecified atom stereocenters. The first-order chi connectivity index (χ1) is 11.1. The van der Waals surface area contributed by atoms with Crippen molar-refractivity contribution in [1.82, 2.24) is 0 Å². The zero-order valence-electron chi connectivity index (χ0n) is 16.3. The first-order valence-electron chi connectivity index (χ1n) is 10.2. The summed E-state index contributed by atoms with van der Waals surface area (Å²) < 4.78 is 0. The molecule has 0 amide bonds. The molecule has 136 valence electrons. The fraction of sp³-hybridized carbons (Fsp3) is 0.905. The van der Waals surface area contributed by atoms with E-state index in [9.17, 15) is 0 Å². The zero-order chi connectivity index (χ0) is 17.2. The van der Waals surface area contributed by atoms with Crippen molar-refractivity contribution in [1.29, 1.82) is 0 Å². The predicted molar refractivity (Wildman–Crippen MR) is 107 cm³/mol. The van der Waals surface area contributed by atoms with Crippen molar-refractivity contribution in [2.24, 2.45) is 0 Å². The lowest BCUT2D eigenvalue weighted by Gasteiger charge is -2.04. The second-order valence-electron chi connectivity index (χ2n) is 7.98. The first kappa shape index (κ1) is 22.7. The predicted octanol–water partition coefficient (Wildman–Crippen LogP) is 6.71. The lowest BCUT2D eigenvalue weighted by Crippen LogP contribution is -2.16. The molecule has 0 fully saturated rings. The van der Waals surface area contributed by atoms with Crippen molar-refractivity contribution in [3.8, 4) is 11.5 Å². The van der Waals surface area contributed by atoms with Crippen LogP contribution in [0.25, 0.3) is 0 Å². The van der Waals surface area contributed by atoms with E-state index in [2.05, 4.69) is 31.1 Å². The van der Waals surface area contributed by atoms with Gasteiger partial charge in [-0.2, -0.15) is 0 Å². The van der Waals surface area contributed by atoms with E-state index >= 15 is 0 Å². The second-order valence-corrected chi connectivity index (χ2v) is 12.7. The molecule has 0 saturated carbocycles. The van der Waals surface area contributed by atoms with Crippen molar-refractivity contribution in [3.05, 3.63) is 0 Å². The van der Waals surface area contributed by atoms with E-state index < -0.39 is 8.07 Å². The minimum Gasteiger partial charge on any atom is -0.396 e. The third kappa shape index (κ3) is 21.7. The Morgan fingerprint density at radius 3 is 1.26 bits per heavy atom.